The number of phosphoric ester groups is 1. The van der Waals surface area contributed by atoms with Crippen molar-refractivity contribution in [1.82, 2.24) is 39.0 Å². The largest absolute Gasteiger partial charge is 0.472 e. The first-order chi connectivity index (χ1) is 18.6. The molecular weight excluding hydrogens is 547 g/mol. The van der Waals surface area contributed by atoms with Crippen molar-refractivity contribution < 1.29 is 38.2 Å². The minimum atomic E-state index is -3.93. The van der Waals surface area contributed by atoms with Crippen LogP contribution in [0.15, 0.2) is 22.2 Å². The van der Waals surface area contributed by atoms with Crippen LogP contribution in [0.2, 0.25) is 0 Å². The maximum Gasteiger partial charge on any atom is 0.472 e. The van der Waals surface area contributed by atoms with Gasteiger partial charge in [-0.3, -0.25) is 37.7 Å². The Hall–Kier alpha value is -3.75. The zero-order valence-corrected chi connectivity index (χ0v) is 20.9. The summed E-state index contributed by atoms with van der Waals surface area (Å²) >= 11 is 0. The number of aliphatic hydroxyl groups is 2. The topological polar surface area (TPSA) is 294 Å². The lowest BCUT2D eigenvalue weighted by atomic mass is 10.4. The summed E-state index contributed by atoms with van der Waals surface area (Å²) in [6, 6.07) is 0. The van der Waals surface area contributed by atoms with E-state index in [9.17, 15) is 14.2 Å². The molecule has 5 rings (SSSR count). The Bertz CT molecular complexity index is 1580. The molecule has 0 saturated carbocycles. The summed E-state index contributed by atoms with van der Waals surface area (Å²) in [7, 11) is -3.93. The number of nitrogens with two attached hydrogens (primary N) is 2. The van der Waals surface area contributed by atoms with E-state index in [1.54, 1.807) is 0 Å². The maximum atomic E-state index is 11.6. The molecule has 39 heavy (non-hydrogen) atoms. The average molecular weight is 572 g/mol. The van der Waals surface area contributed by atoms with Crippen molar-refractivity contribution in [1.29, 1.82) is 0 Å². The molecule has 1 fully saturated rings. The SMILES string of the molecule is Nc1nc2c(ncn2COC(CO)CO)c(=O)[nH]1.Nc1nc2c(ncn2COC2COP(=O)(O)OC2)c(=O)[nH]1. The third kappa shape index (κ3) is 6.82. The standard InChI is InChI=1S/C9H12N5O6P.C9H13N5O4/c10-9-12-7-6(8(15)13-9)11-3-14(7)4-18-5-1-19-21(16,17)20-2-5;10-9-12-7-6(8(17)13-9)11-3-14(7)4-18-5(1-15)2-16/h3,5H,1-2,4H2,(H,16,17)(H3,10,12,13,15);3,5,15-16H,1-2,4H2,(H3,10,12,13,17). The summed E-state index contributed by atoms with van der Waals surface area (Å²) in [6.45, 7) is -0.747. The van der Waals surface area contributed by atoms with Crippen molar-refractivity contribution in [3.8, 4) is 0 Å². The Balaban J connectivity index is 0.000000183. The third-order valence-electron chi connectivity index (χ3n) is 5.14. The van der Waals surface area contributed by atoms with E-state index in [0.717, 1.165) is 0 Å². The number of H-pyrrole nitrogens is 2. The molecule has 0 amide bonds. The highest BCUT2D eigenvalue weighted by atomic mass is 31.2. The average Bonchev–Trinajstić information content (AvgIpc) is 3.49. The summed E-state index contributed by atoms with van der Waals surface area (Å²) in [6.07, 6.45) is 1.55. The number of hydrogen-bond donors (Lipinski definition) is 7. The van der Waals surface area contributed by atoms with E-state index < -0.39 is 31.1 Å². The van der Waals surface area contributed by atoms with Crippen LogP contribution in [0.4, 0.5) is 11.9 Å². The van der Waals surface area contributed by atoms with Crippen LogP contribution in [0.25, 0.3) is 22.3 Å². The first-order valence-electron chi connectivity index (χ1n) is 11.1. The number of imidazole rings is 2. The van der Waals surface area contributed by atoms with Gasteiger partial charge in [0, 0.05) is 0 Å². The van der Waals surface area contributed by atoms with Crippen LogP contribution in [0.3, 0.4) is 0 Å². The van der Waals surface area contributed by atoms with Gasteiger partial charge in [0.15, 0.2) is 22.3 Å². The predicted octanol–water partition coefficient (Wildman–Crippen LogP) is -2.78. The summed E-state index contributed by atoms with van der Waals surface area (Å²) in [5.41, 5.74) is 10.9. The molecule has 0 atom stereocenters. The lowest BCUT2D eigenvalue weighted by molar-refractivity contribution is -0.0720. The minimum Gasteiger partial charge on any atom is -0.394 e. The monoisotopic (exact) mass is 572 g/mol. The van der Waals surface area contributed by atoms with Crippen molar-refractivity contribution in [3.05, 3.63) is 33.4 Å². The summed E-state index contributed by atoms with van der Waals surface area (Å²) in [5.74, 6) is -0.0464. The van der Waals surface area contributed by atoms with Gasteiger partial charge in [0.05, 0.1) is 39.1 Å². The molecule has 21 heteroatoms. The molecule has 9 N–H and O–H groups in total. The highest BCUT2D eigenvalue weighted by Crippen LogP contribution is 2.46. The highest BCUT2D eigenvalue weighted by molar-refractivity contribution is 7.47. The molecular formula is C18H25N10O10P. The molecule has 4 aromatic heterocycles. The van der Waals surface area contributed by atoms with E-state index in [1.165, 1.54) is 21.8 Å². The number of hydrogen-bond acceptors (Lipinski definition) is 15. The van der Waals surface area contributed by atoms with Crippen LogP contribution >= 0.6 is 7.82 Å². The summed E-state index contributed by atoms with van der Waals surface area (Å²) < 4.78 is 33.9. The molecule has 5 heterocycles. The van der Waals surface area contributed by atoms with Crippen molar-refractivity contribution >= 4 is 42.0 Å². The second-order valence-electron chi connectivity index (χ2n) is 7.94. The molecule has 20 nitrogen and oxygen atoms in total. The van der Waals surface area contributed by atoms with Gasteiger partial charge in [0.25, 0.3) is 11.1 Å². The van der Waals surface area contributed by atoms with Crippen LogP contribution in [0.1, 0.15) is 0 Å². The normalized spacial score (nSPS) is 19.4. The Kier molecular flexibility index (Phi) is 8.67. The van der Waals surface area contributed by atoms with Gasteiger partial charge in [-0.1, -0.05) is 0 Å². The fourth-order valence-corrected chi connectivity index (χ4v) is 3.99. The van der Waals surface area contributed by atoms with Crippen molar-refractivity contribution in [2.75, 3.05) is 37.9 Å². The van der Waals surface area contributed by atoms with E-state index in [1.807, 2.05) is 0 Å². The van der Waals surface area contributed by atoms with Gasteiger partial charge in [-0.05, 0) is 0 Å². The molecule has 0 unspecified atom stereocenters. The van der Waals surface area contributed by atoms with Crippen molar-refractivity contribution in [3.63, 3.8) is 0 Å². The number of rotatable bonds is 8. The van der Waals surface area contributed by atoms with E-state index >= 15 is 0 Å². The summed E-state index contributed by atoms with van der Waals surface area (Å²) in [5, 5.41) is 17.7. The van der Waals surface area contributed by atoms with Crippen LogP contribution < -0.4 is 22.6 Å². The lowest BCUT2D eigenvalue weighted by Gasteiger charge is -2.25. The molecule has 1 aliphatic rings. The predicted molar refractivity (Wildman–Crippen MR) is 131 cm³/mol. The van der Waals surface area contributed by atoms with Crippen molar-refractivity contribution in [2.45, 2.75) is 25.7 Å². The van der Waals surface area contributed by atoms with Crippen LogP contribution in [-0.2, 0) is 36.5 Å². The Morgan fingerprint density at radius 2 is 1.46 bits per heavy atom. The van der Waals surface area contributed by atoms with Gasteiger partial charge in [-0.2, -0.15) is 9.97 Å². The first-order valence-corrected chi connectivity index (χ1v) is 12.6. The fourth-order valence-electron chi connectivity index (χ4n) is 3.20. The minimum absolute atomic E-state index is 0.00181. The number of aromatic amines is 2. The Morgan fingerprint density at radius 1 is 0.974 bits per heavy atom. The number of ether oxygens (including phenoxy) is 2. The van der Waals surface area contributed by atoms with Crippen LogP contribution in [0.5, 0.6) is 0 Å². The quantitative estimate of drug-likeness (QED) is 0.105. The molecule has 0 aromatic carbocycles. The van der Waals surface area contributed by atoms with E-state index in [-0.39, 0.29) is 74.1 Å². The molecule has 0 spiro atoms. The molecule has 1 aliphatic heterocycles. The third-order valence-corrected chi connectivity index (χ3v) is 6.09. The second-order valence-corrected chi connectivity index (χ2v) is 9.39. The number of fused-ring (bicyclic) bond motifs is 2. The highest BCUT2D eigenvalue weighted by Gasteiger charge is 2.31. The van der Waals surface area contributed by atoms with Crippen LogP contribution in [-0.4, -0.2) is 92.8 Å². The number of phosphoric acid groups is 1. The number of anilines is 2. The molecule has 4 aromatic rings. The van der Waals surface area contributed by atoms with Gasteiger partial charge < -0.3 is 36.0 Å². The number of nitrogen functional groups attached to an aromatic ring is 2. The number of nitrogens with one attached hydrogen (secondary N) is 2. The van der Waals surface area contributed by atoms with Gasteiger partial charge >= 0.3 is 7.82 Å². The van der Waals surface area contributed by atoms with E-state index in [4.69, 9.17) is 36.0 Å². The zero-order chi connectivity index (χ0) is 28.2. The second kappa shape index (κ2) is 12.0. The van der Waals surface area contributed by atoms with Crippen molar-refractivity contribution in [2.24, 2.45) is 0 Å². The molecule has 1 saturated heterocycles. The smallest absolute Gasteiger partial charge is 0.394 e. The van der Waals surface area contributed by atoms with Crippen LogP contribution in [0, 0.1) is 0 Å². The molecule has 0 bridgehead atoms. The Labute approximate surface area is 216 Å². The Morgan fingerprint density at radius 3 is 1.95 bits per heavy atom. The lowest BCUT2D eigenvalue weighted by Crippen LogP contribution is -2.30. The number of aliphatic hydroxyl groups excluding tert-OH is 2. The van der Waals surface area contributed by atoms with Gasteiger partial charge in [0.1, 0.15) is 25.7 Å². The number of nitrogens with zero attached hydrogens (tertiary/aromatic N) is 6. The van der Waals surface area contributed by atoms with Gasteiger partial charge in [-0.15, -0.1) is 0 Å². The maximum absolute atomic E-state index is 11.6. The van der Waals surface area contributed by atoms with Gasteiger partial charge in [0.2, 0.25) is 11.9 Å². The molecule has 212 valence electrons. The molecule has 0 radical (unpaired) electrons. The fraction of sp³-hybridized carbons (Fsp3) is 0.444. The number of aromatic nitrogens is 8. The van der Waals surface area contributed by atoms with E-state index in [2.05, 4.69) is 39.0 Å². The summed E-state index contributed by atoms with van der Waals surface area (Å²) in [4.78, 5) is 52.5. The first kappa shape index (κ1) is 28.3. The van der Waals surface area contributed by atoms with Gasteiger partial charge in [-0.25, -0.2) is 14.5 Å². The molecule has 0 aliphatic carbocycles. The zero-order valence-electron chi connectivity index (χ0n) is 20.0. The van der Waals surface area contributed by atoms with E-state index in [0.29, 0.717) is 0 Å².